The van der Waals surface area contributed by atoms with E-state index >= 15 is 0 Å². The van der Waals surface area contributed by atoms with Crippen molar-refractivity contribution in [1.82, 2.24) is 9.97 Å². The number of aromatic nitrogens is 2. The fraction of sp³-hybridized carbons (Fsp3) is 0.636. The Balaban J connectivity index is 1.99. The molecule has 17 heavy (non-hydrogen) atoms. The third-order valence-electron chi connectivity index (χ3n) is 2.73. The van der Waals surface area contributed by atoms with Gasteiger partial charge in [0.2, 0.25) is 5.95 Å². The van der Waals surface area contributed by atoms with Gasteiger partial charge in [-0.1, -0.05) is 6.92 Å². The van der Waals surface area contributed by atoms with Gasteiger partial charge in [-0.2, -0.15) is 4.98 Å². The zero-order chi connectivity index (χ0) is 12.3. The topological polar surface area (TPSA) is 70.1 Å². The van der Waals surface area contributed by atoms with E-state index in [0.717, 1.165) is 36.1 Å². The summed E-state index contributed by atoms with van der Waals surface area (Å²) in [4.78, 5) is 8.58. The van der Waals surface area contributed by atoms with Crippen LogP contribution in [-0.4, -0.2) is 33.8 Å². The van der Waals surface area contributed by atoms with Gasteiger partial charge in [-0.25, -0.2) is 4.98 Å². The minimum absolute atomic E-state index is 0.161. The average Bonchev–Trinajstić information content (AvgIpc) is 2.28. The normalized spacial score (nSPS) is 23.0. The first-order valence-corrected chi connectivity index (χ1v) is 6.69. The van der Waals surface area contributed by atoms with E-state index in [9.17, 15) is 5.11 Å². The van der Waals surface area contributed by atoms with Crippen molar-refractivity contribution in [2.45, 2.75) is 38.3 Å². The Bertz CT molecular complexity index is 382. The van der Waals surface area contributed by atoms with Crippen LogP contribution in [0.25, 0.3) is 0 Å². The molecule has 2 rings (SSSR count). The SMILES string of the molecule is CCCNc1ncc(Br)c(NC2CC(O)C2)n1. The molecule has 1 aromatic heterocycles. The maximum absolute atomic E-state index is 9.24. The Labute approximate surface area is 109 Å². The van der Waals surface area contributed by atoms with Gasteiger partial charge in [0.1, 0.15) is 5.82 Å². The number of aliphatic hydroxyl groups is 1. The highest BCUT2D eigenvalue weighted by Crippen LogP contribution is 2.27. The zero-order valence-corrected chi connectivity index (χ0v) is 11.4. The standard InChI is InChI=1S/C11H17BrN4O/c1-2-3-13-11-14-6-9(12)10(16-11)15-7-4-8(17)5-7/h6-8,17H,2-5H2,1H3,(H2,13,14,15,16). The molecule has 94 valence electrons. The van der Waals surface area contributed by atoms with Gasteiger partial charge in [0, 0.05) is 18.8 Å². The predicted molar refractivity (Wildman–Crippen MR) is 71.2 cm³/mol. The third kappa shape index (κ3) is 3.29. The Morgan fingerprint density at radius 3 is 2.94 bits per heavy atom. The van der Waals surface area contributed by atoms with Gasteiger partial charge in [0.25, 0.3) is 0 Å². The summed E-state index contributed by atoms with van der Waals surface area (Å²) in [6, 6.07) is 0.315. The summed E-state index contributed by atoms with van der Waals surface area (Å²) in [6.45, 7) is 2.96. The lowest BCUT2D eigenvalue weighted by atomic mass is 9.89. The minimum atomic E-state index is -0.161. The van der Waals surface area contributed by atoms with Gasteiger partial charge in [-0.15, -0.1) is 0 Å². The molecule has 1 saturated carbocycles. The molecule has 0 bridgehead atoms. The van der Waals surface area contributed by atoms with Crippen LogP contribution in [0.4, 0.5) is 11.8 Å². The average molecular weight is 301 g/mol. The first-order valence-electron chi connectivity index (χ1n) is 5.90. The lowest BCUT2D eigenvalue weighted by molar-refractivity contribution is 0.0835. The van der Waals surface area contributed by atoms with Crippen LogP contribution in [0.2, 0.25) is 0 Å². The molecule has 0 radical (unpaired) electrons. The largest absolute Gasteiger partial charge is 0.393 e. The number of hydrogen-bond acceptors (Lipinski definition) is 5. The van der Waals surface area contributed by atoms with Gasteiger partial charge in [0.05, 0.1) is 10.6 Å². The molecule has 1 aliphatic carbocycles. The summed E-state index contributed by atoms with van der Waals surface area (Å²) in [5.74, 6) is 1.42. The number of anilines is 2. The molecule has 0 atom stereocenters. The van der Waals surface area contributed by atoms with E-state index in [1.807, 2.05) is 0 Å². The summed E-state index contributed by atoms with van der Waals surface area (Å²) in [5.41, 5.74) is 0. The van der Waals surface area contributed by atoms with Crippen LogP contribution in [0.5, 0.6) is 0 Å². The third-order valence-corrected chi connectivity index (χ3v) is 3.31. The molecular weight excluding hydrogens is 284 g/mol. The predicted octanol–water partition coefficient (Wildman–Crippen LogP) is 2.00. The van der Waals surface area contributed by atoms with Gasteiger partial charge < -0.3 is 15.7 Å². The Hall–Kier alpha value is -0.880. The molecule has 0 aliphatic heterocycles. The summed E-state index contributed by atoms with van der Waals surface area (Å²) >= 11 is 3.42. The zero-order valence-electron chi connectivity index (χ0n) is 9.78. The van der Waals surface area contributed by atoms with Crippen LogP contribution in [-0.2, 0) is 0 Å². The van der Waals surface area contributed by atoms with E-state index in [-0.39, 0.29) is 6.10 Å². The molecule has 0 saturated heterocycles. The van der Waals surface area contributed by atoms with E-state index in [1.165, 1.54) is 0 Å². The second kappa shape index (κ2) is 5.64. The smallest absolute Gasteiger partial charge is 0.224 e. The first kappa shape index (κ1) is 12.6. The van der Waals surface area contributed by atoms with Crippen molar-refractivity contribution in [2.24, 2.45) is 0 Å². The molecule has 0 aromatic carbocycles. The van der Waals surface area contributed by atoms with Crippen molar-refractivity contribution in [2.75, 3.05) is 17.2 Å². The summed E-state index contributed by atoms with van der Waals surface area (Å²) in [5, 5.41) is 15.7. The van der Waals surface area contributed by atoms with E-state index < -0.39 is 0 Å². The molecular formula is C11H17BrN4O. The van der Waals surface area contributed by atoms with E-state index in [4.69, 9.17) is 0 Å². The number of rotatable bonds is 5. The van der Waals surface area contributed by atoms with E-state index in [1.54, 1.807) is 6.20 Å². The number of aliphatic hydroxyl groups excluding tert-OH is 1. The van der Waals surface area contributed by atoms with Crippen molar-refractivity contribution >= 4 is 27.7 Å². The minimum Gasteiger partial charge on any atom is -0.393 e. The molecule has 5 nitrogen and oxygen atoms in total. The summed E-state index contributed by atoms with van der Waals surface area (Å²) in [7, 11) is 0. The molecule has 0 amide bonds. The van der Waals surface area contributed by atoms with Gasteiger partial charge in [-0.3, -0.25) is 0 Å². The van der Waals surface area contributed by atoms with Crippen molar-refractivity contribution < 1.29 is 5.11 Å². The van der Waals surface area contributed by atoms with Crippen LogP contribution in [0, 0.1) is 0 Å². The molecule has 1 aromatic rings. The lowest BCUT2D eigenvalue weighted by Gasteiger charge is -2.32. The summed E-state index contributed by atoms with van der Waals surface area (Å²) < 4.78 is 0.848. The molecule has 6 heteroatoms. The van der Waals surface area contributed by atoms with E-state index in [0.29, 0.717) is 12.0 Å². The van der Waals surface area contributed by atoms with Crippen LogP contribution < -0.4 is 10.6 Å². The van der Waals surface area contributed by atoms with Gasteiger partial charge in [0.15, 0.2) is 0 Å². The number of nitrogens with one attached hydrogen (secondary N) is 2. The maximum Gasteiger partial charge on any atom is 0.224 e. The van der Waals surface area contributed by atoms with Gasteiger partial charge >= 0.3 is 0 Å². The van der Waals surface area contributed by atoms with Crippen LogP contribution in [0.3, 0.4) is 0 Å². The van der Waals surface area contributed by atoms with Crippen molar-refractivity contribution in [3.63, 3.8) is 0 Å². The van der Waals surface area contributed by atoms with E-state index in [2.05, 4.69) is 43.5 Å². The van der Waals surface area contributed by atoms with Crippen molar-refractivity contribution in [1.29, 1.82) is 0 Å². The second-order valence-corrected chi connectivity index (χ2v) is 5.14. The number of nitrogens with zero attached hydrogens (tertiary/aromatic N) is 2. The molecule has 0 unspecified atom stereocenters. The number of hydrogen-bond donors (Lipinski definition) is 3. The van der Waals surface area contributed by atoms with Crippen molar-refractivity contribution in [3.05, 3.63) is 10.7 Å². The van der Waals surface area contributed by atoms with Crippen molar-refractivity contribution in [3.8, 4) is 0 Å². The Morgan fingerprint density at radius 1 is 1.53 bits per heavy atom. The fourth-order valence-electron chi connectivity index (χ4n) is 1.69. The highest BCUT2D eigenvalue weighted by molar-refractivity contribution is 9.10. The van der Waals surface area contributed by atoms with Gasteiger partial charge in [-0.05, 0) is 35.2 Å². The molecule has 1 fully saturated rings. The molecule has 3 N–H and O–H groups in total. The number of halogens is 1. The van der Waals surface area contributed by atoms with Crippen LogP contribution in [0.15, 0.2) is 10.7 Å². The Morgan fingerprint density at radius 2 is 2.29 bits per heavy atom. The second-order valence-electron chi connectivity index (χ2n) is 4.28. The fourth-order valence-corrected chi connectivity index (χ4v) is 1.99. The molecule has 1 heterocycles. The maximum atomic E-state index is 9.24. The molecule has 1 aliphatic rings. The highest BCUT2D eigenvalue weighted by Gasteiger charge is 2.27. The highest BCUT2D eigenvalue weighted by atomic mass is 79.9. The quantitative estimate of drug-likeness (QED) is 0.776. The molecule has 0 spiro atoms. The summed E-state index contributed by atoms with van der Waals surface area (Å²) in [6.07, 6.45) is 4.19. The Kier molecular flexibility index (Phi) is 4.17. The van der Waals surface area contributed by atoms with Crippen LogP contribution >= 0.6 is 15.9 Å². The van der Waals surface area contributed by atoms with Crippen LogP contribution in [0.1, 0.15) is 26.2 Å². The monoisotopic (exact) mass is 300 g/mol. The lowest BCUT2D eigenvalue weighted by Crippen LogP contribution is -2.39. The first-order chi connectivity index (χ1) is 8.19.